The first kappa shape index (κ1) is 25.8. The number of carbonyl (C=O) groups excluding carboxylic acids is 1. The highest BCUT2D eigenvalue weighted by molar-refractivity contribution is 5.86. The van der Waals surface area contributed by atoms with E-state index in [9.17, 15) is 4.79 Å². The normalized spacial score (nSPS) is 19.5. The van der Waals surface area contributed by atoms with Gasteiger partial charge in [-0.25, -0.2) is 9.97 Å². The van der Waals surface area contributed by atoms with Crippen LogP contribution in [0.25, 0.3) is 28.1 Å². The molecule has 3 aromatic heterocycles. The van der Waals surface area contributed by atoms with Crippen LogP contribution in [0.1, 0.15) is 32.4 Å². The van der Waals surface area contributed by atoms with Crippen LogP contribution in [0.2, 0.25) is 0 Å². The molecule has 0 saturated carbocycles. The monoisotopic (exact) mass is 531 g/mol. The maximum atomic E-state index is 11.9. The van der Waals surface area contributed by atoms with Gasteiger partial charge in [-0.3, -0.25) is 14.4 Å². The molecule has 2 aliphatic rings. The van der Waals surface area contributed by atoms with Crippen molar-refractivity contribution in [1.82, 2.24) is 38.9 Å². The van der Waals surface area contributed by atoms with Gasteiger partial charge < -0.3 is 19.0 Å². The van der Waals surface area contributed by atoms with Gasteiger partial charge in [0.1, 0.15) is 17.9 Å². The number of ether oxygens (including phenoxy) is 1. The van der Waals surface area contributed by atoms with Gasteiger partial charge in [0.25, 0.3) is 0 Å². The summed E-state index contributed by atoms with van der Waals surface area (Å²) in [6.45, 7) is 12.3. The Hall–Kier alpha value is -3.41. The number of hydrogen-bond acceptors (Lipinski definition) is 9. The highest BCUT2D eigenvalue weighted by atomic mass is 16.5. The minimum absolute atomic E-state index is 0.106. The van der Waals surface area contributed by atoms with Crippen LogP contribution < -0.4 is 4.90 Å². The molecule has 1 unspecified atom stereocenters. The van der Waals surface area contributed by atoms with Gasteiger partial charge in [-0.15, -0.1) is 0 Å². The molecule has 0 bridgehead atoms. The summed E-state index contributed by atoms with van der Waals surface area (Å²) in [5, 5.41) is 0. The number of rotatable bonds is 7. The predicted octanol–water partition coefficient (Wildman–Crippen LogP) is 2.19. The van der Waals surface area contributed by atoms with Gasteiger partial charge in [0.2, 0.25) is 5.95 Å². The zero-order valence-corrected chi connectivity index (χ0v) is 23.2. The van der Waals surface area contributed by atoms with Crippen molar-refractivity contribution in [3.63, 3.8) is 0 Å². The Kier molecular flexibility index (Phi) is 7.05. The average molecular weight is 532 g/mol. The summed E-state index contributed by atoms with van der Waals surface area (Å²) >= 11 is 0. The van der Waals surface area contributed by atoms with E-state index < -0.39 is 0 Å². The number of hydrogen-bond donors (Lipinski definition) is 0. The molecule has 6 rings (SSSR count). The summed E-state index contributed by atoms with van der Waals surface area (Å²) in [5.41, 5.74) is 3.52. The molecule has 4 aromatic rings. The Morgan fingerprint density at radius 2 is 1.82 bits per heavy atom. The van der Waals surface area contributed by atoms with Crippen molar-refractivity contribution < 1.29 is 9.53 Å². The number of piperazine rings is 1. The van der Waals surface area contributed by atoms with E-state index in [-0.39, 0.29) is 6.04 Å². The number of nitrogens with zero attached hydrogens (tertiary/aromatic N) is 9. The fraction of sp³-hybridized carbons (Fsp3) is 0.536. The van der Waals surface area contributed by atoms with Crippen molar-refractivity contribution in [3.8, 4) is 5.95 Å². The second-order valence-corrected chi connectivity index (χ2v) is 10.7. The van der Waals surface area contributed by atoms with E-state index in [4.69, 9.17) is 24.7 Å². The van der Waals surface area contributed by atoms with E-state index >= 15 is 0 Å². The standard InChI is InChI=1S/C28H37N9O2/c1-5-23-29-21-8-6-7-9-22(21)37(23)28-31-26-25(27(32-28)35-12-14-39-15-13-35)30-24(33(26)4)17-34-10-11-36(19(2)3)20(16-34)18-38/h6-9,18-20H,5,10-17H2,1-4H3. The molecule has 11 heteroatoms. The van der Waals surface area contributed by atoms with E-state index in [0.717, 1.165) is 78.5 Å². The Morgan fingerprint density at radius 3 is 2.56 bits per heavy atom. The second kappa shape index (κ2) is 10.6. The number of aromatic nitrogens is 6. The Morgan fingerprint density at radius 1 is 1.03 bits per heavy atom. The van der Waals surface area contributed by atoms with Gasteiger partial charge in [0, 0.05) is 52.2 Å². The quantitative estimate of drug-likeness (QED) is 0.333. The van der Waals surface area contributed by atoms with Crippen LogP contribution in [-0.2, 0) is 29.5 Å². The number of benzene rings is 1. The molecule has 2 saturated heterocycles. The zero-order chi connectivity index (χ0) is 27.1. The minimum Gasteiger partial charge on any atom is -0.378 e. The molecule has 0 N–H and O–H groups in total. The lowest BCUT2D eigenvalue weighted by Crippen LogP contribution is -2.55. The fourth-order valence-electron chi connectivity index (χ4n) is 5.84. The highest BCUT2D eigenvalue weighted by Crippen LogP contribution is 2.29. The average Bonchev–Trinajstić information content (AvgIpc) is 3.50. The van der Waals surface area contributed by atoms with Crippen LogP contribution in [0.15, 0.2) is 24.3 Å². The first-order valence-electron chi connectivity index (χ1n) is 13.9. The molecule has 39 heavy (non-hydrogen) atoms. The number of morpholine rings is 1. The maximum absolute atomic E-state index is 11.9. The summed E-state index contributed by atoms with van der Waals surface area (Å²) in [6, 6.07) is 8.36. The van der Waals surface area contributed by atoms with Crippen molar-refractivity contribution in [3.05, 3.63) is 35.9 Å². The van der Waals surface area contributed by atoms with E-state index in [1.807, 2.05) is 25.2 Å². The topological polar surface area (TPSA) is 97.4 Å². The molecule has 206 valence electrons. The van der Waals surface area contributed by atoms with Gasteiger partial charge in [-0.1, -0.05) is 19.1 Å². The predicted molar refractivity (Wildman–Crippen MR) is 150 cm³/mol. The summed E-state index contributed by atoms with van der Waals surface area (Å²) in [6.07, 6.45) is 1.84. The molecule has 11 nitrogen and oxygen atoms in total. The number of fused-ring (bicyclic) bond motifs is 2. The van der Waals surface area contributed by atoms with E-state index in [2.05, 4.69) is 50.7 Å². The lowest BCUT2D eigenvalue weighted by atomic mass is 10.1. The largest absolute Gasteiger partial charge is 0.378 e. The number of aldehydes is 1. The van der Waals surface area contributed by atoms with Crippen molar-refractivity contribution in [2.75, 3.05) is 50.8 Å². The molecule has 1 atom stereocenters. The molecular weight excluding hydrogens is 494 g/mol. The zero-order valence-electron chi connectivity index (χ0n) is 23.2. The third kappa shape index (κ3) is 4.68. The number of para-hydroxylation sites is 2. The van der Waals surface area contributed by atoms with Crippen molar-refractivity contribution in [2.24, 2.45) is 7.05 Å². The van der Waals surface area contributed by atoms with Gasteiger partial charge in [0.15, 0.2) is 17.0 Å². The van der Waals surface area contributed by atoms with Crippen molar-refractivity contribution in [2.45, 2.75) is 45.8 Å². The minimum atomic E-state index is -0.106. The third-order valence-corrected chi connectivity index (χ3v) is 7.97. The molecule has 1 aromatic carbocycles. The molecular formula is C28H37N9O2. The summed E-state index contributed by atoms with van der Waals surface area (Å²) < 4.78 is 9.80. The molecule has 0 spiro atoms. The summed E-state index contributed by atoms with van der Waals surface area (Å²) in [7, 11) is 2.03. The SMILES string of the molecule is CCc1nc2ccccc2n1-c1nc(N2CCOCC2)c2nc(CN3CCN(C(C)C)C(C=O)C3)n(C)c2n1. The van der Waals surface area contributed by atoms with Gasteiger partial charge in [0.05, 0.1) is 36.8 Å². The molecule has 0 amide bonds. The van der Waals surface area contributed by atoms with Crippen LogP contribution in [-0.4, -0.2) is 103 Å². The van der Waals surface area contributed by atoms with Crippen LogP contribution in [0.5, 0.6) is 0 Å². The lowest BCUT2D eigenvalue weighted by Gasteiger charge is -2.40. The Bertz CT molecular complexity index is 1490. The van der Waals surface area contributed by atoms with Crippen molar-refractivity contribution >= 4 is 34.3 Å². The van der Waals surface area contributed by atoms with Crippen LogP contribution in [0, 0.1) is 0 Å². The lowest BCUT2D eigenvalue weighted by molar-refractivity contribution is -0.115. The second-order valence-electron chi connectivity index (χ2n) is 10.7. The number of anilines is 1. The van der Waals surface area contributed by atoms with Gasteiger partial charge in [-0.05, 0) is 26.0 Å². The first-order chi connectivity index (χ1) is 19.0. The third-order valence-electron chi connectivity index (χ3n) is 7.97. The Balaban J connectivity index is 1.43. The van der Waals surface area contributed by atoms with E-state index in [1.54, 1.807) is 0 Å². The summed E-state index contributed by atoms with van der Waals surface area (Å²) in [5.74, 6) is 3.28. The number of imidazole rings is 2. The van der Waals surface area contributed by atoms with E-state index in [1.165, 1.54) is 0 Å². The number of aryl methyl sites for hydroxylation is 2. The maximum Gasteiger partial charge on any atom is 0.239 e. The van der Waals surface area contributed by atoms with Crippen LogP contribution >= 0.6 is 0 Å². The first-order valence-corrected chi connectivity index (χ1v) is 13.9. The summed E-state index contributed by atoms with van der Waals surface area (Å²) in [4.78, 5) is 38.9. The molecule has 0 aliphatic carbocycles. The smallest absolute Gasteiger partial charge is 0.239 e. The molecule has 0 radical (unpaired) electrons. The highest BCUT2D eigenvalue weighted by Gasteiger charge is 2.30. The molecule has 5 heterocycles. The molecule has 2 aliphatic heterocycles. The fourth-order valence-corrected chi connectivity index (χ4v) is 5.84. The van der Waals surface area contributed by atoms with Gasteiger partial charge >= 0.3 is 0 Å². The van der Waals surface area contributed by atoms with Crippen molar-refractivity contribution in [1.29, 1.82) is 0 Å². The van der Waals surface area contributed by atoms with Crippen LogP contribution in [0.4, 0.5) is 5.82 Å². The van der Waals surface area contributed by atoms with E-state index in [0.29, 0.717) is 38.3 Å². The molecule has 2 fully saturated rings. The van der Waals surface area contributed by atoms with Crippen LogP contribution in [0.3, 0.4) is 0 Å². The van der Waals surface area contributed by atoms with Gasteiger partial charge in [-0.2, -0.15) is 9.97 Å². The Labute approximate surface area is 228 Å². The number of carbonyl (C=O) groups is 1.